The molecule has 4 aromatic rings. The first-order chi connectivity index (χ1) is 17.9. The van der Waals surface area contributed by atoms with Crippen LogP contribution >= 0.6 is 15.9 Å². The normalized spacial score (nSPS) is 11.1. The minimum absolute atomic E-state index is 0.133. The van der Waals surface area contributed by atoms with Gasteiger partial charge >= 0.3 is 5.91 Å². The second-order valence-electron chi connectivity index (χ2n) is 8.16. The largest absolute Gasteiger partial charge is 0.493 e. The molecule has 9 heteroatoms. The Bertz CT molecular complexity index is 1390. The fourth-order valence-electron chi connectivity index (χ4n) is 3.79. The molecule has 1 N–H and O–H groups in total. The van der Waals surface area contributed by atoms with Gasteiger partial charge in [0.15, 0.2) is 17.3 Å². The molecule has 0 radical (unpaired) electrons. The van der Waals surface area contributed by atoms with Gasteiger partial charge in [0.05, 0.1) is 19.9 Å². The van der Waals surface area contributed by atoms with Crippen molar-refractivity contribution in [3.05, 3.63) is 93.6 Å². The molecule has 0 unspecified atom stereocenters. The fraction of sp³-hybridized carbons (Fsp3) is 0.214. The van der Waals surface area contributed by atoms with E-state index in [1.54, 1.807) is 31.4 Å². The van der Waals surface area contributed by atoms with Crippen molar-refractivity contribution in [2.75, 3.05) is 13.7 Å². The third-order valence-electron chi connectivity index (χ3n) is 5.59. The van der Waals surface area contributed by atoms with E-state index in [-0.39, 0.29) is 12.4 Å². The third-order valence-corrected chi connectivity index (χ3v) is 6.27. The highest BCUT2D eigenvalue weighted by atomic mass is 79.9. The lowest BCUT2D eigenvalue weighted by molar-refractivity contribution is 0.0923. The van der Waals surface area contributed by atoms with Gasteiger partial charge in [0.1, 0.15) is 18.1 Å². The maximum Gasteiger partial charge on any atom is 0.307 e. The van der Waals surface area contributed by atoms with Crippen molar-refractivity contribution in [2.24, 2.45) is 5.10 Å². The summed E-state index contributed by atoms with van der Waals surface area (Å²) in [7, 11) is 1.57. The van der Waals surface area contributed by atoms with E-state index in [1.165, 1.54) is 17.6 Å². The summed E-state index contributed by atoms with van der Waals surface area (Å²) in [4.78, 5) is 12.5. The number of halogens is 1. The first-order valence-electron chi connectivity index (χ1n) is 11.7. The molecular formula is C28H28BrN3O5. The van der Waals surface area contributed by atoms with E-state index in [0.717, 1.165) is 10.2 Å². The average Bonchev–Trinajstić information content (AvgIpc) is 3.51. The number of benzene rings is 2. The summed E-state index contributed by atoms with van der Waals surface area (Å²) >= 11 is 3.47. The zero-order valence-corrected chi connectivity index (χ0v) is 22.7. The number of nitrogens with one attached hydrogen (secondary N) is 1. The predicted octanol–water partition coefficient (Wildman–Crippen LogP) is 6.20. The van der Waals surface area contributed by atoms with Crippen molar-refractivity contribution in [3.8, 4) is 22.9 Å². The minimum Gasteiger partial charge on any atom is -0.493 e. The van der Waals surface area contributed by atoms with Crippen LogP contribution in [0.3, 0.4) is 0 Å². The number of hydrazone groups is 1. The Balaban J connectivity index is 1.33. The Morgan fingerprint density at radius 2 is 1.76 bits per heavy atom. The second kappa shape index (κ2) is 11.8. The van der Waals surface area contributed by atoms with Gasteiger partial charge in [0, 0.05) is 27.1 Å². The smallest absolute Gasteiger partial charge is 0.307 e. The summed E-state index contributed by atoms with van der Waals surface area (Å²) in [6.07, 6.45) is 1.51. The second-order valence-corrected chi connectivity index (χ2v) is 9.01. The number of carbonyl (C=O) groups is 1. The van der Waals surface area contributed by atoms with E-state index in [0.29, 0.717) is 35.2 Å². The number of rotatable bonds is 10. The molecule has 2 aromatic carbocycles. The van der Waals surface area contributed by atoms with Crippen LogP contribution in [0.4, 0.5) is 0 Å². The van der Waals surface area contributed by atoms with E-state index in [4.69, 9.17) is 18.6 Å². The minimum atomic E-state index is -0.473. The van der Waals surface area contributed by atoms with E-state index in [1.807, 2.05) is 31.2 Å². The van der Waals surface area contributed by atoms with Gasteiger partial charge in [0.25, 0.3) is 0 Å². The number of aryl methyl sites for hydroxylation is 2. The number of methoxy groups -OCH3 is 1. The van der Waals surface area contributed by atoms with Crippen LogP contribution in [0.25, 0.3) is 5.69 Å². The highest BCUT2D eigenvalue weighted by Crippen LogP contribution is 2.32. The predicted molar refractivity (Wildman–Crippen MR) is 145 cm³/mol. The van der Waals surface area contributed by atoms with E-state index >= 15 is 0 Å². The number of ether oxygens (including phenoxy) is 3. The van der Waals surface area contributed by atoms with Gasteiger partial charge in [-0.3, -0.25) is 4.79 Å². The zero-order chi connectivity index (χ0) is 26.4. The number of aromatic nitrogens is 1. The molecule has 37 heavy (non-hydrogen) atoms. The molecule has 0 saturated heterocycles. The van der Waals surface area contributed by atoms with Gasteiger partial charge in [-0.15, -0.1) is 0 Å². The fourth-order valence-corrected chi connectivity index (χ4v) is 4.22. The summed E-state index contributed by atoms with van der Waals surface area (Å²) in [5.74, 6) is 2.07. The molecule has 0 fully saturated rings. The molecule has 2 aromatic heterocycles. The van der Waals surface area contributed by atoms with Crippen molar-refractivity contribution in [3.63, 3.8) is 0 Å². The summed E-state index contributed by atoms with van der Waals surface area (Å²) in [6.45, 7) is 6.72. The maximum atomic E-state index is 12.5. The van der Waals surface area contributed by atoms with Crippen LogP contribution in [-0.2, 0) is 6.61 Å². The van der Waals surface area contributed by atoms with Crippen LogP contribution in [0.15, 0.2) is 74.7 Å². The summed E-state index contributed by atoms with van der Waals surface area (Å²) in [5, 5.41) is 4.04. The molecule has 2 heterocycles. The molecule has 0 aliphatic heterocycles. The number of furan rings is 1. The zero-order valence-electron chi connectivity index (χ0n) is 21.1. The molecule has 1 amide bonds. The molecule has 0 aliphatic rings. The van der Waals surface area contributed by atoms with Gasteiger partial charge < -0.3 is 23.2 Å². The maximum absolute atomic E-state index is 12.5. The van der Waals surface area contributed by atoms with Crippen LogP contribution in [0.5, 0.6) is 17.2 Å². The summed E-state index contributed by atoms with van der Waals surface area (Å²) in [5.41, 5.74) is 6.60. The molecule has 0 saturated carbocycles. The van der Waals surface area contributed by atoms with Crippen LogP contribution in [0.2, 0.25) is 0 Å². The lowest BCUT2D eigenvalue weighted by atomic mass is 10.2. The van der Waals surface area contributed by atoms with Crippen LogP contribution < -0.4 is 19.6 Å². The van der Waals surface area contributed by atoms with Crippen molar-refractivity contribution in [2.45, 2.75) is 27.4 Å². The molecule has 192 valence electrons. The SMILES string of the molecule is CCOc1cc(/C=N/NC(=O)c2ccc(COc3ccc(-n4c(C)ccc4C)cc3)o2)c(Br)cc1OC. The van der Waals surface area contributed by atoms with Gasteiger partial charge in [0.2, 0.25) is 0 Å². The average molecular weight is 566 g/mol. The highest BCUT2D eigenvalue weighted by Gasteiger charge is 2.12. The Kier molecular flexibility index (Phi) is 8.35. The molecule has 8 nitrogen and oxygen atoms in total. The number of hydrogen-bond acceptors (Lipinski definition) is 6. The quantitative estimate of drug-likeness (QED) is 0.183. The molecule has 4 rings (SSSR count). The molecule has 0 aliphatic carbocycles. The number of amides is 1. The monoisotopic (exact) mass is 565 g/mol. The number of hydrogen-bond donors (Lipinski definition) is 1. The third kappa shape index (κ3) is 6.24. The lowest BCUT2D eigenvalue weighted by Gasteiger charge is -2.11. The van der Waals surface area contributed by atoms with Crippen molar-refractivity contribution < 1.29 is 23.4 Å². The molecule has 0 bridgehead atoms. The summed E-state index contributed by atoms with van der Waals surface area (Å²) < 4.78 is 25.3. The molecule has 0 atom stereocenters. The number of nitrogens with zero attached hydrogens (tertiary/aromatic N) is 2. The lowest BCUT2D eigenvalue weighted by Crippen LogP contribution is -2.16. The Hall–Kier alpha value is -3.98. The highest BCUT2D eigenvalue weighted by molar-refractivity contribution is 9.10. The van der Waals surface area contributed by atoms with Crippen LogP contribution in [0, 0.1) is 13.8 Å². The van der Waals surface area contributed by atoms with Crippen molar-refractivity contribution in [1.29, 1.82) is 0 Å². The van der Waals surface area contributed by atoms with Crippen molar-refractivity contribution in [1.82, 2.24) is 9.99 Å². The molecule has 0 spiro atoms. The van der Waals surface area contributed by atoms with Crippen molar-refractivity contribution >= 4 is 28.1 Å². The number of carbonyl (C=O) groups excluding carboxylic acids is 1. The standard InChI is InChI=1S/C28H28BrN3O5/c1-5-35-27-14-20(24(29)15-26(27)34-4)16-30-31-28(33)25-13-12-23(37-25)17-36-22-10-8-21(9-11-22)32-18(2)6-7-19(32)3/h6-16H,5,17H2,1-4H3,(H,31,33)/b30-16+. The molecular weight excluding hydrogens is 538 g/mol. The van der Waals surface area contributed by atoms with Gasteiger partial charge in [-0.1, -0.05) is 0 Å². The first-order valence-corrected chi connectivity index (χ1v) is 12.5. The van der Waals surface area contributed by atoms with E-state index in [9.17, 15) is 4.79 Å². The van der Waals surface area contributed by atoms with Gasteiger partial charge in [-0.05, 0) is 97.4 Å². The Labute approximate surface area is 224 Å². The van der Waals surface area contributed by atoms with E-state index < -0.39 is 5.91 Å². The van der Waals surface area contributed by atoms with E-state index in [2.05, 4.69) is 57.0 Å². The van der Waals surface area contributed by atoms with Crippen LogP contribution in [-0.4, -0.2) is 30.4 Å². The first kappa shape index (κ1) is 26.1. The topological polar surface area (TPSA) is 87.2 Å². The van der Waals surface area contributed by atoms with Gasteiger partial charge in [-0.2, -0.15) is 5.10 Å². The van der Waals surface area contributed by atoms with Gasteiger partial charge in [-0.25, -0.2) is 5.43 Å². The summed E-state index contributed by atoms with van der Waals surface area (Å²) in [6, 6.07) is 18.9. The Morgan fingerprint density at radius 1 is 1.03 bits per heavy atom. The Morgan fingerprint density at radius 3 is 2.43 bits per heavy atom. The van der Waals surface area contributed by atoms with Crippen LogP contribution in [0.1, 0.15) is 40.2 Å².